The second-order valence-corrected chi connectivity index (χ2v) is 10.4. The molecule has 158 valence electrons. The standard InChI is InChI=1S/C22H24N2O5S/c1-30(26,27)24-11-18-17-6-3-7-19-21(17)28-14-22(18,13-24)12-23-20(25)9-8-15-4-2-5-16(10-15)29-19/h2-7,10,18H,8-9,11-14H2,1H3,(H,23,25)/t18-,22+/m1/s1. The molecule has 0 unspecified atom stereocenters. The van der Waals surface area contributed by atoms with Crippen LogP contribution >= 0.6 is 0 Å². The Kier molecular flexibility index (Phi) is 4.52. The third kappa shape index (κ3) is 3.33. The van der Waals surface area contributed by atoms with E-state index in [0.717, 1.165) is 11.1 Å². The Morgan fingerprint density at radius 2 is 2.00 bits per heavy atom. The first kappa shape index (κ1) is 19.4. The Labute approximate surface area is 176 Å². The van der Waals surface area contributed by atoms with Crippen molar-refractivity contribution in [2.45, 2.75) is 18.8 Å². The van der Waals surface area contributed by atoms with E-state index in [2.05, 4.69) is 5.32 Å². The smallest absolute Gasteiger partial charge is 0.220 e. The molecule has 1 N–H and O–H groups in total. The quantitative estimate of drug-likeness (QED) is 0.753. The molecule has 2 aromatic rings. The zero-order valence-electron chi connectivity index (χ0n) is 16.8. The Morgan fingerprint density at radius 1 is 1.17 bits per heavy atom. The summed E-state index contributed by atoms with van der Waals surface area (Å²) in [5.74, 6) is 1.82. The molecule has 2 atom stereocenters. The van der Waals surface area contributed by atoms with Crippen molar-refractivity contribution in [3.63, 3.8) is 0 Å². The maximum absolute atomic E-state index is 12.6. The van der Waals surface area contributed by atoms with Crippen molar-refractivity contribution in [2.24, 2.45) is 5.41 Å². The zero-order valence-corrected chi connectivity index (χ0v) is 17.6. The topological polar surface area (TPSA) is 84.9 Å². The lowest BCUT2D eigenvalue weighted by molar-refractivity contribution is -0.121. The lowest BCUT2D eigenvalue weighted by atomic mass is 9.73. The van der Waals surface area contributed by atoms with E-state index in [1.807, 2.05) is 42.5 Å². The van der Waals surface area contributed by atoms with Gasteiger partial charge in [-0.2, -0.15) is 0 Å². The number of nitrogens with zero attached hydrogens (tertiary/aromatic N) is 1. The van der Waals surface area contributed by atoms with Crippen molar-refractivity contribution in [3.8, 4) is 17.2 Å². The summed E-state index contributed by atoms with van der Waals surface area (Å²) in [5, 5.41) is 3.05. The fraction of sp³-hybridized carbons (Fsp3) is 0.409. The molecule has 7 nitrogen and oxygen atoms in total. The van der Waals surface area contributed by atoms with Crippen molar-refractivity contribution in [2.75, 3.05) is 32.5 Å². The van der Waals surface area contributed by atoms with Gasteiger partial charge in [0.15, 0.2) is 11.5 Å². The Hall–Kier alpha value is -2.58. The summed E-state index contributed by atoms with van der Waals surface area (Å²) in [7, 11) is -3.36. The number of carbonyl (C=O) groups is 1. The van der Waals surface area contributed by atoms with Gasteiger partial charge in [0.1, 0.15) is 5.75 Å². The average molecular weight is 429 g/mol. The molecular formula is C22H24N2O5S. The van der Waals surface area contributed by atoms with Gasteiger partial charge in [0, 0.05) is 43.0 Å². The first-order valence-corrected chi connectivity index (χ1v) is 11.9. The SMILES string of the molecule is CS(=O)(=O)N1C[C@@H]2c3cccc4c3OC[C@]2(CNC(=O)CCc2cccc(c2)O4)C1. The number of sulfonamides is 1. The Bertz CT molecular complexity index is 1120. The van der Waals surface area contributed by atoms with E-state index in [1.54, 1.807) is 0 Å². The first-order chi connectivity index (χ1) is 14.3. The van der Waals surface area contributed by atoms with Crippen LogP contribution in [0.25, 0.3) is 0 Å². The van der Waals surface area contributed by atoms with Crippen molar-refractivity contribution in [3.05, 3.63) is 53.6 Å². The fourth-order valence-corrected chi connectivity index (χ4v) is 5.66. The summed E-state index contributed by atoms with van der Waals surface area (Å²) in [6.45, 7) is 1.37. The molecule has 0 saturated carbocycles. The molecule has 1 fully saturated rings. The summed E-state index contributed by atoms with van der Waals surface area (Å²) in [4.78, 5) is 12.6. The molecule has 5 rings (SSSR count). The molecule has 3 aliphatic rings. The van der Waals surface area contributed by atoms with Crippen LogP contribution in [0.2, 0.25) is 0 Å². The largest absolute Gasteiger partial charge is 0.489 e. The molecule has 1 spiro atoms. The molecule has 0 radical (unpaired) electrons. The number of para-hydroxylation sites is 1. The zero-order chi connectivity index (χ0) is 20.9. The fourth-order valence-electron chi connectivity index (χ4n) is 4.75. The summed E-state index contributed by atoms with van der Waals surface area (Å²) in [6, 6.07) is 13.5. The van der Waals surface area contributed by atoms with Gasteiger partial charge in [-0.3, -0.25) is 4.79 Å². The predicted molar refractivity (Wildman–Crippen MR) is 111 cm³/mol. The number of aryl methyl sites for hydroxylation is 1. The van der Waals surface area contributed by atoms with Crippen LogP contribution in [0.4, 0.5) is 0 Å². The normalized spacial score (nSPS) is 26.2. The molecule has 4 bridgehead atoms. The minimum atomic E-state index is -3.36. The maximum Gasteiger partial charge on any atom is 0.220 e. The first-order valence-electron chi connectivity index (χ1n) is 10.1. The highest BCUT2D eigenvalue weighted by atomic mass is 32.2. The van der Waals surface area contributed by atoms with Gasteiger partial charge in [0.05, 0.1) is 12.9 Å². The highest BCUT2D eigenvalue weighted by Gasteiger charge is 2.53. The average Bonchev–Trinajstić information content (AvgIpc) is 3.12. The molecular weight excluding hydrogens is 404 g/mol. The number of nitrogens with one attached hydrogen (secondary N) is 1. The van der Waals surface area contributed by atoms with Gasteiger partial charge in [0.2, 0.25) is 15.9 Å². The second kappa shape index (κ2) is 6.99. The van der Waals surface area contributed by atoms with Crippen molar-refractivity contribution < 1.29 is 22.7 Å². The molecule has 2 aromatic carbocycles. The van der Waals surface area contributed by atoms with E-state index >= 15 is 0 Å². The van der Waals surface area contributed by atoms with Gasteiger partial charge in [0.25, 0.3) is 0 Å². The molecule has 0 aliphatic carbocycles. The van der Waals surface area contributed by atoms with Crippen LogP contribution in [0.3, 0.4) is 0 Å². The van der Waals surface area contributed by atoms with Crippen LogP contribution in [0.5, 0.6) is 17.2 Å². The summed E-state index contributed by atoms with van der Waals surface area (Å²) in [5.41, 5.74) is 1.43. The number of rotatable bonds is 1. The lowest BCUT2D eigenvalue weighted by Crippen LogP contribution is -2.48. The monoisotopic (exact) mass is 428 g/mol. The number of benzene rings is 2. The number of ether oxygens (including phenoxy) is 2. The van der Waals surface area contributed by atoms with Gasteiger partial charge in [-0.15, -0.1) is 0 Å². The highest BCUT2D eigenvalue weighted by Crippen LogP contribution is 2.52. The molecule has 1 saturated heterocycles. The Morgan fingerprint density at radius 3 is 2.83 bits per heavy atom. The highest BCUT2D eigenvalue weighted by molar-refractivity contribution is 7.88. The number of fused-ring (bicyclic) bond motifs is 4. The summed E-state index contributed by atoms with van der Waals surface area (Å²) < 4.78 is 38.5. The van der Waals surface area contributed by atoms with Gasteiger partial charge in [-0.05, 0) is 30.2 Å². The van der Waals surface area contributed by atoms with Crippen LogP contribution in [0.15, 0.2) is 42.5 Å². The molecule has 3 aliphatic heterocycles. The molecule has 0 aromatic heterocycles. The minimum Gasteiger partial charge on any atom is -0.489 e. The number of carbonyl (C=O) groups excluding carboxylic acids is 1. The maximum atomic E-state index is 12.6. The van der Waals surface area contributed by atoms with Crippen molar-refractivity contribution in [1.29, 1.82) is 0 Å². The molecule has 30 heavy (non-hydrogen) atoms. The van der Waals surface area contributed by atoms with Gasteiger partial charge in [-0.1, -0.05) is 24.3 Å². The van der Waals surface area contributed by atoms with Crippen LogP contribution in [-0.4, -0.2) is 51.1 Å². The van der Waals surface area contributed by atoms with Crippen molar-refractivity contribution in [1.82, 2.24) is 9.62 Å². The van der Waals surface area contributed by atoms with Gasteiger partial charge >= 0.3 is 0 Å². The van der Waals surface area contributed by atoms with E-state index in [0.29, 0.717) is 56.3 Å². The predicted octanol–water partition coefficient (Wildman–Crippen LogP) is 2.28. The van der Waals surface area contributed by atoms with Gasteiger partial charge in [-0.25, -0.2) is 12.7 Å². The van der Waals surface area contributed by atoms with E-state index in [4.69, 9.17) is 9.47 Å². The van der Waals surface area contributed by atoms with E-state index < -0.39 is 15.4 Å². The van der Waals surface area contributed by atoms with Crippen LogP contribution < -0.4 is 14.8 Å². The van der Waals surface area contributed by atoms with Crippen LogP contribution in [0.1, 0.15) is 23.5 Å². The Balaban J connectivity index is 1.62. The van der Waals surface area contributed by atoms with Crippen LogP contribution in [-0.2, 0) is 21.2 Å². The second-order valence-electron chi connectivity index (χ2n) is 8.46. The lowest BCUT2D eigenvalue weighted by Gasteiger charge is -2.40. The number of hydrogen-bond donors (Lipinski definition) is 1. The van der Waals surface area contributed by atoms with Crippen molar-refractivity contribution >= 4 is 15.9 Å². The third-order valence-corrected chi connectivity index (χ3v) is 7.60. The minimum absolute atomic E-state index is 0.0520. The molecule has 3 heterocycles. The molecule has 8 heteroatoms. The number of amides is 1. The van der Waals surface area contributed by atoms with E-state index in [9.17, 15) is 13.2 Å². The summed E-state index contributed by atoms with van der Waals surface area (Å²) in [6.07, 6.45) is 2.20. The molecule has 1 amide bonds. The van der Waals surface area contributed by atoms with Crippen LogP contribution in [0, 0.1) is 5.41 Å². The van der Waals surface area contributed by atoms with E-state index in [-0.39, 0.29) is 11.8 Å². The number of hydrogen-bond acceptors (Lipinski definition) is 5. The van der Waals surface area contributed by atoms with Gasteiger partial charge < -0.3 is 14.8 Å². The third-order valence-electron chi connectivity index (χ3n) is 6.38. The van der Waals surface area contributed by atoms with E-state index in [1.165, 1.54) is 10.6 Å². The summed E-state index contributed by atoms with van der Waals surface area (Å²) >= 11 is 0.